The summed E-state index contributed by atoms with van der Waals surface area (Å²) in [6.07, 6.45) is 2.29. The molecule has 0 aliphatic carbocycles. The highest BCUT2D eigenvalue weighted by atomic mass is 19.1. The topological polar surface area (TPSA) is 35.8 Å². The van der Waals surface area contributed by atoms with Gasteiger partial charge in [0.25, 0.3) is 0 Å². The average molecular weight is 234 g/mol. The van der Waals surface area contributed by atoms with Crippen molar-refractivity contribution in [1.82, 2.24) is 0 Å². The molecule has 2 nitrogen and oxygen atoms in total. The maximum absolute atomic E-state index is 13.5. The fourth-order valence-electron chi connectivity index (χ4n) is 1.81. The Hall–Kier alpha value is -1.56. The number of hydrogen-bond acceptors (Lipinski definition) is 2. The first kappa shape index (κ1) is 13.5. The summed E-state index contributed by atoms with van der Waals surface area (Å²) in [7, 11) is 0. The summed E-state index contributed by atoms with van der Waals surface area (Å²) in [5.74, 6) is 0.225. The molecule has 0 heterocycles. The molecule has 0 radical (unpaired) electrons. The maximum Gasteiger partial charge on any atom is 0.129 e. The van der Waals surface area contributed by atoms with Crippen molar-refractivity contribution in [3.05, 3.63) is 29.1 Å². The number of nitrogens with zero attached hydrogens (tertiary/aromatic N) is 1. The third-order valence-electron chi connectivity index (χ3n) is 2.90. The van der Waals surface area contributed by atoms with Crippen LogP contribution in [0.2, 0.25) is 0 Å². The van der Waals surface area contributed by atoms with E-state index in [1.165, 1.54) is 6.07 Å². The van der Waals surface area contributed by atoms with Crippen molar-refractivity contribution in [2.45, 2.75) is 33.6 Å². The molecule has 0 saturated carbocycles. The Kier molecular flexibility index (Phi) is 4.96. The van der Waals surface area contributed by atoms with E-state index in [1.807, 2.05) is 6.07 Å². The van der Waals surface area contributed by atoms with Gasteiger partial charge in [-0.15, -0.1) is 0 Å². The van der Waals surface area contributed by atoms with Crippen molar-refractivity contribution in [3.8, 4) is 6.07 Å². The molecule has 0 aliphatic rings. The second kappa shape index (κ2) is 6.24. The average Bonchev–Trinajstić information content (AvgIpc) is 2.31. The minimum atomic E-state index is -0.324. The lowest BCUT2D eigenvalue weighted by Crippen LogP contribution is -2.12. The largest absolute Gasteiger partial charge is 0.384 e. The van der Waals surface area contributed by atoms with Crippen LogP contribution < -0.4 is 5.32 Å². The number of nitriles is 1. The Morgan fingerprint density at radius 1 is 1.47 bits per heavy atom. The lowest BCUT2D eigenvalue weighted by Gasteiger charge is -2.15. The zero-order valence-corrected chi connectivity index (χ0v) is 10.7. The number of rotatable bonds is 5. The first-order chi connectivity index (χ1) is 8.08. The molecule has 1 atom stereocenters. The minimum Gasteiger partial charge on any atom is -0.384 e. The van der Waals surface area contributed by atoms with E-state index in [0.29, 0.717) is 17.0 Å². The molecule has 0 saturated heterocycles. The van der Waals surface area contributed by atoms with E-state index in [1.54, 1.807) is 13.0 Å². The molecule has 0 amide bonds. The van der Waals surface area contributed by atoms with Gasteiger partial charge in [0.1, 0.15) is 5.82 Å². The van der Waals surface area contributed by atoms with Crippen molar-refractivity contribution < 1.29 is 4.39 Å². The van der Waals surface area contributed by atoms with E-state index >= 15 is 0 Å². The Bertz CT molecular complexity index is 421. The molecule has 0 aromatic heterocycles. The summed E-state index contributed by atoms with van der Waals surface area (Å²) in [4.78, 5) is 0. The molecule has 3 heteroatoms. The molecule has 0 fully saturated rings. The normalized spacial score (nSPS) is 11.9. The van der Waals surface area contributed by atoms with E-state index in [4.69, 9.17) is 5.26 Å². The zero-order valence-electron chi connectivity index (χ0n) is 10.7. The maximum atomic E-state index is 13.5. The fraction of sp³-hybridized carbons (Fsp3) is 0.500. The highest BCUT2D eigenvalue weighted by Crippen LogP contribution is 2.21. The smallest absolute Gasteiger partial charge is 0.129 e. The highest BCUT2D eigenvalue weighted by molar-refractivity contribution is 5.55. The van der Waals surface area contributed by atoms with Crippen LogP contribution in [-0.4, -0.2) is 6.54 Å². The number of hydrogen-bond donors (Lipinski definition) is 1. The van der Waals surface area contributed by atoms with Crippen LogP contribution in [0.1, 0.15) is 37.8 Å². The zero-order chi connectivity index (χ0) is 12.8. The predicted octanol–water partition coefficient (Wildman–Crippen LogP) is 3.85. The number of anilines is 1. The van der Waals surface area contributed by atoms with Crippen LogP contribution in [0.5, 0.6) is 0 Å². The first-order valence-corrected chi connectivity index (χ1v) is 6.02. The molecule has 1 aromatic carbocycles. The predicted molar refractivity (Wildman–Crippen MR) is 68.4 cm³/mol. The lowest BCUT2D eigenvalue weighted by atomic mass is 10.1. The van der Waals surface area contributed by atoms with Gasteiger partial charge in [0, 0.05) is 17.8 Å². The number of benzene rings is 1. The van der Waals surface area contributed by atoms with Gasteiger partial charge in [0.2, 0.25) is 0 Å². The third kappa shape index (κ3) is 3.74. The summed E-state index contributed by atoms with van der Waals surface area (Å²) >= 11 is 0. The lowest BCUT2D eigenvalue weighted by molar-refractivity contribution is 0.550. The van der Waals surface area contributed by atoms with Crippen molar-refractivity contribution in [3.63, 3.8) is 0 Å². The molecule has 1 N–H and O–H groups in total. The van der Waals surface area contributed by atoms with Gasteiger partial charge in [0.05, 0.1) is 11.6 Å². The second-order valence-corrected chi connectivity index (χ2v) is 4.52. The van der Waals surface area contributed by atoms with Crippen LogP contribution >= 0.6 is 0 Å². The standard InChI is InChI=1S/C14H19FN2/c1-4-5-10(2)9-17-14-7-12(8-16)6-13(15)11(14)3/h6-7,10,17H,4-5,9H2,1-3H3. The summed E-state index contributed by atoms with van der Waals surface area (Å²) < 4.78 is 13.5. The Balaban J connectivity index is 2.77. The first-order valence-electron chi connectivity index (χ1n) is 6.02. The molecular formula is C14H19FN2. The molecule has 0 aliphatic heterocycles. The quantitative estimate of drug-likeness (QED) is 0.839. The Labute approximate surface area is 102 Å². The minimum absolute atomic E-state index is 0.324. The molecular weight excluding hydrogens is 215 g/mol. The summed E-state index contributed by atoms with van der Waals surface area (Å²) in [5, 5.41) is 12.0. The molecule has 1 unspecified atom stereocenters. The van der Waals surface area contributed by atoms with Crippen LogP contribution in [0.4, 0.5) is 10.1 Å². The monoisotopic (exact) mass is 234 g/mol. The second-order valence-electron chi connectivity index (χ2n) is 4.52. The van der Waals surface area contributed by atoms with E-state index in [-0.39, 0.29) is 5.82 Å². The summed E-state index contributed by atoms with van der Waals surface area (Å²) in [6.45, 7) is 6.85. The molecule has 0 spiro atoms. The van der Waals surface area contributed by atoms with Gasteiger partial charge in [0.15, 0.2) is 0 Å². The van der Waals surface area contributed by atoms with E-state index in [0.717, 1.165) is 25.1 Å². The molecule has 1 rings (SSSR count). The van der Waals surface area contributed by atoms with Gasteiger partial charge in [-0.05, 0) is 31.4 Å². The van der Waals surface area contributed by atoms with E-state index < -0.39 is 0 Å². The van der Waals surface area contributed by atoms with Crippen LogP contribution in [0.3, 0.4) is 0 Å². The molecule has 1 aromatic rings. The van der Waals surface area contributed by atoms with Gasteiger partial charge >= 0.3 is 0 Å². The van der Waals surface area contributed by atoms with E-state index in [2.05, 4.69) is 19.2 Å². The SMILES string of the molecule is CCCC(C)CNc1cc(C#N)cc(F)c1C. The molecule has 0 bridgehead atoms. The van der Waals surface area contributed by atoms with Crippen molar-refractivity contribution >= 4 is 5.69 Å². The van der Waals surface area contributed by atoms with Crippen LogP contribution in [0.25, 0.3) is 0 Å². The van der Waals surface area contributed by atoms with Crippen LogP contribution in [-0.2, 0) is 0 Å². The van der Waals surface area contributed by atoms with Crippen molar-refractivity contribution in [1.29, 1.82) is 5.26 Å². The fourth-order valence-corrected chi connectivity index (χ4v) is 1.81. The molecule has 17 heavy (non-hydrogen) atoms. The Morgan fingerprint density at radius 2 is 2.18 bits per heavy atom. The van der Waals surface area contributed by atoms with Crippen molar-refractivity contribution in [2.24, 2.45) is 5.92 Å². The summed E-state index contributed by atoms with van der Waals surface area (Å²) in [5.41, 5.74) is 1.66. The van der Waals surface area contributed by atoms with Gasteiger partial charge in [-0.1, -0.05) is 20.3 Å². The van der Waals surface area contributed by atoms with Gasteiger partial charge in [-0.25, -0.2) is 4.39 Å². The highest BCUT2D eigenvalue weighted by Gasteiger charge is 2.08. The Morgan fingerprint density at radius 3 is 2.76 bits per heavy atom. The van der Waals surface area contributed by atoms with Crippen molar-refractivity contribution in [2.75, 3.05) is 11.9 Å². The summed E-state index contributed by atoms with van der Waals surface area (Å²) in [6, 6.07) is 4.95. The number of nitrogens with one attached hydrogen (secondary N) is 1. The van der Waals surface area contributed by atoms with Crippen LogP contribution in [0, 0.1) is 30.0 Å². The van der Waals surface area contributed by atoms with Gasteiger partial charge in [-0.3, -0.25) is 0 Å². The number of halogens is 1. The van der Waals surface area contributed by atoms with Crippen LogP contribution in [0.15, 0.2) is 12.1 Å². The third-order valence-corrected chi connectivity index (χ3v) is 2.90. The molecule has 92 valence electrons. The van der Waals surface area contributed by atoms with E-state index in [9.17, 15) is 4.39 Å². The van der Waals surface area contributed by atoms with Gasteiger partial charge in [-0.2, -0.15) is 5.26 Å². The van der Waals surface area contributed by atoms with Gasteiger partial charge < -0.3 is 5.32 Å².